The van der Waals surface area contributed by atoms with Crippen LogP contribution in [0.1, 0.15) is 55.4 Å². The molecule has 2 aromatic rings. The number of carboxylic acid groups (broad SMARTS) is 2. The lowest BCUT2D eigenvalue weighted by molar-refractivity contribution is -0.145. The van der Waals surface area contributed by atoms with Gasteiger partial charge in [-0.2, -0.15) is 0 Å². The minimum Gasteiger partial charge on any atom is -0.493 e. The Morgan fingerprint density at radius 1 is 0.800 bits per heavy atom. The van der Waals surface area contributed by atoms with E-state index in [9.17, 15) is 24.3 Å². The van der Waals surface area contributed by atoms with Crippen LogP contribution in [0.2, 0.25) is 5.02 Å². The van der Waals surface area contributed by atoms with Crippen LogP contribution in [-0.2, 0) is 45.4 Å². The Morgan fingerprint density at radius 2 is 1.31 bits per heavy atom. The Hall–Kier alpha value is -3.71. The molecule has 0 radical (unpaired) electrons. The van der Waals surface area contributed by atoms with Crippen molar-refractivity contribution in [1.29, 1.82) is 0 Å². The fraction of sp³-hybridized carbons (Fsp3) is 0.484. The number of nitrogens with zero attached hydrogens (tertiary/aromatic N) is 2. The van der Waals surface area contributed by atoms with Crippen LogP contribution in [0, 0.1) is 11.8 Å². The maximum Gasteiger partial charge on any atom is 0.306 e. The molecule has 2 heterocycles. The van der Waals surface area contributed by atoms with Gasteiger partial charge in [-0.1, -0.05) is 25.4 Å². The smallest absolute Gasteiger partial charge is 0.306 e. The normalized spacial score (nSPS) is 14.8. The average molecular weight is 712 g/mol. The van der Waals surface area contributed by atoms with Crippen molar-refractivity contribution in [2.45, 2.75) is 59.3 Å². The summed E-state index contributed by atoms with van der Waals surface area (Å²) in [6, 6.07) is 3.67. The van der Waals surface area contributed by atoms with Crippen molar-refractivity contribution >= 4 is 51.3 Å². The van der Waals surface area contributed by atoms with E-state index in [-0.39, 0.29) is 51.0 Å². The molecule has 2 aliphatic rings. The number of amides is 2. The van der Waals surface area contributed by atoms with Gasteiger partial charge < -0.3 is 39.0 Å². The summed E-state index contributed by atoms with van der Waals surface area (Å²) in [5, 5.41) is 18.6. The second kappa shape index (κ2) is 14.6. The fourth-order valence-corrected chi connectivity index (χ4v) is 6.24. The third-order valence-corrected chi connectivity index (χ3v) is 9.15. The Labute approximate surface area is 274 Å². The summed E-state index contributed by atoms with van der Waals surface area (Å²) in [5.74, 6) is -2.34. The molecule has 0 saturated carbocycles. The topological polar surface area (TPSA) is 152 Å². The number of rotatable bonds is 14. The third kappa shape index (κ3) is 7.58. The van der Waals surface area contributed by atoms with E-state index in [1.807, 2.05) is 12.1 Å². The van der Waals surface area contributed by atoms with E-state index in [1.165, 1.54) is 28.1 Å². The predicted molar refractivity (Wildman–Crippen MR) is 166 cm³/mol. The van der Waals surface area contributed by atoms with Crippen molar-refractivity contribution in [3.63, 3.8) is 0 Å². The van der Waals surface area contributed by atoms with Crippen LogP contribution < -0.4 is 18.9 Å². The van der Waals surface area contributed by atoms with E-state index in [1.54, 1.807) is 9.80 Å². The van der Waals surface area contributed by atoms with Crippen molar-refractivity contribution in [2.75, 3.05) is 27.4 Å². The van der Waals surface area contributed by atoms with Gasteiger partial charge in [0.15, 0.2) is 23.0 Å². The lowest BCUT2D eigenvalue weighted by atomic mass is 10.1. The van der Waals surface area contributed by atoms with Gasteiger partial charge in [0.1, 0.15) is 0 Å². The van der Waals surface area contributed by atoms with E-state index < -0.39 is 23.8 Å². The van der Waals surface area contributed by atoms with Crippen LogP contribution in [0.5, 0.6) is 23.0 Å². The van der Waals surface area contributed by atoms with Gasteiger partial charge in [-0.25, -0.2) is 0 Å². The van der Waals surface area contributed by atoms with Crippen molar-refractivity contribution in [1.82, 2.24) is 9.80 Å². The van der Waals surface area contributed by atoms with Gasteiger partial charge in [-0.05, 0) is 44.8 Å². The molecule has 2 N–H and O–H groups in total. The Balaban J connectivity index is 1.36. The summed E-state index contributed by atoms with van der Waals surface area (Å²) in [4.78, 5) is 50.9. The van der Waals surface area contributed by atoms with E-state index >= 15 is 0 Å². The molecule has 244 valence electrons. The first-order valence-electron chi connectivity index (χ1n) is 14.4. The first-order chi connectivity index (χ1) is 21.4. The van der Waals surface area contributed by atoms with Gasteiger partial charge in [0, 0.05) is 51.0 Å². The first kappa shape index (κ1) is 34.2. The molecule has 0 bridgehead atoms. The fourth-order valence-electron chi connectivity index (χ4n) is 5.22. The molecule has 2 atom stereocenters. The number of carbonyl (C=O) groups is 4. The molecule has 45 heavy (non-hydrogen) atoms. The summed E-state index contributed by atoms with van der Waals surface area (Å²) in [6.45, 7) is 4.74. The van der Waals surface area contributed by atoms with Crippen LogP contribution in [0.4, 0.5) is 0 Å². The molecule has 4 rings (SSSR count). The molecule has 2 aliphatic heterocycles. The lowest BCUT2D eigenvalue weighted by Crippen LogP contribution is -2.28. The monoisotopic (exact) mass is 710 g/mol. The molecular weight excluding hydrogens is 676 g/mol. The van der Waals surface area contributed by atoms with Gasteiger partial charge in [-0.15, -0.1) is 0 Å². The summed E-state index contributed by atoms with van der Waals surface area (Å²) in [5.41, 5.74) is 3.31. The number of halogens is 2. The maximum atomic E-state index is 12.7. The highest BCUT2D eigenvalue weighted by atomic mass is 79.9. The van der Waals surface area contributed by atoms with E-state index in [4.69, 9.17) is 35.7 Å². The second-order valence-corrected chi connectivity index (χ2v) is 12.3. The van der Waals surface area contributed by atoms with Gasteiger partial charge in [0.25, 0.3) is 0 Å². The second-order valence-electron chi connectivity index (χ2n) is 11.2. The number of ether oxygens (including phenoxy) is 4. The number of carbonyl (C=O) groups excluding carboxylic acids is 2. The van der Waals surface area contributed by atoms with Crippen LogP contribution in [0.3, 0.4) is 0 Å². The molecule has 14 heteroatoms. The molecule has 2 unspecified atom stereocenters. The number of aliphatic carboxylic acids is 2. The van der Waals surface area contributed by atoms with Crippen LogP contribution in [0.25, 0.3) is 0 Å². The van der Waals surface area contributed by atoms with Crippen LogP contribution in [0.15, 0.2) is 16.6 Å². The summed E-state index contributed by atoms with van der Waals surface area (Å²) in [7, 11) is 3.03. The van der Waals surface area contributed by atoms with E-state index in [2.05, 4.69) is 15.9 Å². The minimum atomic E-state index is -1.03. The highest BCUT2D eigenvalue weighted by Gasteiger charge is 2.33. The molecule has 0 saturated heterocycles. The third-order valence-electron chi connectivity index (χ3n) is 7.91. The zero-order chi connectivity index (χ0) is 33.0. The van der Waals surface area contributed by atoms with Crippen molar-refractivity contribution in [2.24, 2.45) is 11.8 Å². The predicted octanol–water partition coefficient (Wildman–Crippen LogP) is 4.87. The van der Waals surface area contributed by atoms with E-state index in [0.717, 1.165) is 16.7 Å². The van der Waals surface area contributed by atoms with Crippen molar-refractivity contribution in [3.8, 4) is 23.0 Å². The molecule has 2 aromatic carbocycles. The molecule has 0 aliphatic carbocycles. The van der Waals surface area contributed by atoms with Gasteiger partial charge in [-0.3, -0.25) is 19.2 Å². The minimum absolute atomic E-state index is 0.0676. The number of hydrogen-bond donors (Lipinski definition) is 2. The Morgan fingerprint density at radius 3 is 1.84 bits per heavy atom. The maximum absolute atomic E-state index is 12.7. The molecule has 12 nitrogen and oxygen atoms in total. The Bertz CT molecular complexity index is 1500. The molecular formula is C31H36BrClN2O10. The first-order valence-corrected chi connectivity index (χ1v) is 15.6. The molecule has 0 aromatic heterocycles. The van der Waals surface area contributed by atoms with Crippen molar-refractivity contribution < 1.29 is 48.3 Å². The molecule has 0 fully saturated rings. The summed E-state index contributed by atoms with van der Waals surface area (Å²) >= 11 is 10.3. The van der Waals surface area contributed by atoms with E-state index in [0.29, 0.717) is 57.6 Å². The van der Waals surface area contributed by atoms with Crippen LogP contribution in [-0.4, -0.2) is 71.2 Å². The standard InChI is InChI=1S/C31H36BrClN2O10/c1-16(30(38)39)8-24(36)34-12-18-10-22(42-3)23(11-19(18)13-34)44-6-5-7-45-29-27(33)21-15-35(25(37)9-17(2)31(40)41)14-20(21)26(32)28(29)43-4/h10-11,16-17H,5-9,12-15H2,1-4H3,(H,38,39)(H,40,41). The highest BCUT2D eigenvalue weighted by molar-refractivity contribution is 9.10. The average Bonchev–Trinajstić information content (AvgIpc) is 3.64. The number of benzene rings is 2. The van der Waals surface area contributed by atoms with Gasteiger partial charge in [0.05, 0.1) is 48.8 Å². The Kier molecular flexibility index (Phi) is 11.1. The lowest BCUT2D eigenvalue weighted by Gasteiger charge is -2.17. The number of fused-ring (bicyclic) bond motifs is 2. The van der Waals surface area contributed by atoms with Gasteiger partial charge >= 0.3 is 11.9 Å². The molecule has 2 amide bonds. The number of carboxylic acids is 2. The SMILES string of the molecule is COc1cc2c(cc1OCCCOc1c(Cl)c3c(c(Br)c1OC)CN(C(=O)CC(C)C(=O)O)C3)CN(C(=O)CC(C)C(=O)O)C2. The van der Waals surface area contributed by atoms with Crippen molar-refractivity contribution in [3.05, 3.63) is 43.9 Å². The zero-order valence-electron chi connectivity index (χ0n) is 25.5. The molecule has 0 spiro atoms. The number of methoxy groups -OCH3 is 2. The summed E-state index contributed by atoms with van der Waals surface area (Å²) in [6.07, 6.45) is 0.294. The summed E-state index contributed by atoms with van der Waals surface area (Å²) < 4.78 is 23.8. The number of hydrogen-bond acceptors (Lipinski definition) is 8. The largest absolute Gasteiger partial charge is 0.493 e. The zero-order valence-corrected chi connectivity index (χ0v) is 27.8. The van der Waals surface area contributed by atoms with Crippen LogP contribution >= 0.6 is 27.5 Å². The quantitative estimate of drug-likeness (QED) is 0.260. The van der Waals surface area contributed by atoms with Gasteiger partial charge in [0.2, 0.25) is 11.8 Å². The highest BCUT2D eigenvalue weighted by Crippen LogP contribution is 2.49.